The number of rotatable bonds is 4. The van der Waals surface area contributed by atoms with Crippen LogP contribution in [0.1, 0.15) is 25.7 Å². The molecule has 2 aliphatic rings. The lowest BCUT2D eigenvalue weighted by molar-refractivity contribution is -0.0777. The van der Waals surface area contributed by atoms with Gasteiger partial charge in [0.25, 0.3) is 0 Å². The number of likely N-dealkylation sites (tertiary alicyclic amines) is 1. The second-order valence-electron chi connectivity index (χ2n) is 5.04. The van der Waals surface area contributed by atoms with Crippen LogP contribution < -0.4 is 0 Å². The number of hydrogen-bond donors (Lipinski definition) is 1. The third kappa shape index (κ3) is 3.42. The van der Waals surface area contributed by atoms with Gasteiger partial charge in [0.2, 0.25) is 0 Å². The molecule has 0 amide bonds. The molecule has 0 aromatic rings. The van der Waals surface area contributed by atoms with Crippen molar-refractivity contribution in [2.45, 2.75) is 38.1 Å². The Labute approximate surface area is 97.5 Å². The van der Waals surface area contributed by atoms with Gasteiger partial charge in [-0.1, -0.05) is 0 Å². The third-order valence-electron chi connectivity index (χ3n) is 3.51. The van der Waals surface area contributed by atoms with Crippen LogP contribution in [-0.4, -0.2) is 55.8 Å². The topological polar surface area (TPSA) is 41.9 Å². The summed E-state index contributed by atoms with van der Waals surface area (Å²) in [6.07, 6.45) is 4.35. The summed E-state index contributed by atoms with van der Waals surface area (Å²) in [7, 11) is 2.18. The zero-order valence-electron chi connectivity index (χ0n) is 10.1. The van der Waals surface area contributed by atoms with E-state index in [0.717, 1.165) is 13.0 Å². The largest absolute Gasteiger partial charge is 0.396 e. The molecule has 3 unspecified atom stereocenters. The highest BCUT2D eigenvalue weighted by atomic mass is 16.7. The van der Waals surface area contributed by atoms with Crippen molar-refractivity contribution in [1.29, 1.82) is 0 Å². The highest BCUT2D eigenvalue weighted by Crippen LogP contribution is 2.25. The van der Waals surface area contributed by atoms with Crippen LogP contribution in [-0.2, 0) is 9.47 Å². The van der Waals surface area contributed by atoms with Gasteiger partial charge in [-0.2, -0.15) is 0 Å². The lowest BCUT2D eigenvalue weighted by Gasteiger charge is -2.30. The Bertz CT molecular complexity index is 212. The fourth-order valence-electron chi connectivity index (χ4n) is 2.66. The molecule has 2 saturated heterocycles. The standard InChI is InChI=1S/C12H23NO3/c1-13-5-2-3-10(8-13)7-12-15-9-11(16-12)4-6-14/h10-12,14H,2-9H2,1H3. The Morgan fingerprint density at radius 3 is 3.06 bits per heavy atom. The number of ether oxygens (including phenoxy) is 2. The van der Waals surface area contributed by atoms with Crippen LogP contribution in [0.25, 0.3) is 0 Å². The fourth-order valence-corrected chi connectivity index (χ4v) is 2.66. The molecular formula is C12H23NO3. The average molecular weight is 229 g/mol. The van der Waals surface area contributed by atoms with Gasteiger partial charge in [-0.15, -0.1) is 0 Å². The van der Waals surface area contributed by atoms with Crippen LogP contribution in [0.3, 0.4) is 0 Å². The summed E-state index contributed by atoms with van der Waals surface area (Å²) in [5.74, 6) is 0.705. The number of nitrogens with zero attached hydrogens (tertiary/aromatic N) is 1. The molecule has 0 aromatic carbocycles. The minimum atomic E-state index is -0.0342. The Hall–Kier alpha value is -0.160. The van der Waals surface area contributed by atoms with Gasteiger partial charge in [0, 0.05) is 19.6 Å². The first-order valence-electron chi connectivity index (χ1n) is 6.34. The van der Waals surface area contributed by atoms with Crippen molar-refractivity contribution in [3.05, 3.63) is 0 Å². The van der Waals surface area contributed by atoms with Crippen LogP contribution in [0.2, 0.25) is 0 Å². The normalized spacial score (nSPS) is 36.8. The highest BCUT2D eigenvalue weighted by Gasteiger charge is 2.29. The van der Waals surface area contributed by atoms with Crippen molar-refractivity contribution in [1.82, 2.24) is 4.90 Å². The molecule has 1 N–H and O–H groups in total. The first-order chi connectivity index (χ1) is 7.78. The van der Waals surface area contributed by atoms with E-state index in [1.165, 1.54) is 19.4 Å². The Morgan fingerprint density at radius 2 is 2.31 bits per heavy atom. The van der Waals surface area contributed by atoms with E-state index in [1.54, 1.807) is 0 Å². The first-order valence-corrected chi connectivity index (χ1v) is 6.34. The Kier molecular flexibility index (Phi) is 4.58. The maximum atomic E-state index is 8.83. The molecule has 4 heteroatoms. The zero-order valence-corrected chi connectivity index (χ0v) is 10.1. The van der Waals surface area contributed by atoms with E-state index in [-0.39, 0.29) is 19.0 Å². The fraction of sp³-hybridized carbons (Fsp3) is 1.00. The van der Waals surface area contributed by atoms with Gasteiger partial charge in [-0.25, -0.2) is 0 Å². The minimum absolute atomic E-state index is 0.0342. The van der Waals surface area contributed by atoms with E-state index in [9.17, 15) is 0 Å². The number of hydrogen-bond acceptors (Lipinski definition) is 4. The molecule has 3 atom stereocenters. The molecule has 2 aliphatic heterocycles. The summed E-state index contributed by atoms with van der Waals surface area (Å²) in [4.78, 5) is 2.38. The van der Waals surface area contributed by atoms with Crippen molar-refractivity contribution in [2.75, 3.05) is 33.4 Å². The summed E-state index contributed by atoms with van der Waals surface area (Å²) in [5, 5.41) is 8.83. The summed E-state index contributed by atoms with van der Waals surface area (Å²) in [6, 6.07) is 0. The van der Waals surface area contributed by atoms with Crippen LogP contribution in [0.4, 0.5) is 0 Å². The second kappa shape index (κ2) is 5.96. The lowest BCUT2D eigenvalue weighted by atomic mass is 9.95. The van der Waals surface area contributed by atoms with Crippen molar-refractivity contribution in [3.8, 4) is 0 Å². The summed E-state index contributed by atoms with van der Waals surface area (Å²) in [6.45, 7) is 3.21. The van der Waals surface area contributed by atoms with E-state index >= 15 is 0 Å². The molecule has 4 nitrogen and oxygen atoms in total. The maximum Gasteiger partial charge on any atom is 0.158 e. The van der Waals surface area contributed by atoms with Gasteiger partial charge < -0.3 is 19.5 Å². The second-order valence-corrected chi connectivity index (χ2v) is 5.04. The Balaban J connectivity index is 1.70. The molecule has 0 bridgehead atoms. The van der Waals surface area contributed by atoms with E-state index in [0.29, 0.717) is 18.9 Å². The molecule has 0 radical (unpaired) electrons. The van der Waals surface area contributed by atoms with Crippen LogP contribution in [0.5, 0.6) is 0 Å². The molecule has 2 rings (SSSR count). The van der Waals surface area contributed by atoms with Gasteiger partial charge in [-0.05, 0) is 38.8 Å². The molecule has 0 saturated carbocycles. The molecular weight excluding hydrogens is 206 g/mol. The quantitative estimate of drug-likeness (QED) is 0.776. The van der Waals surface area contributed by atoms with Gasteiger partial charge in [0.1, 0.15) is 0 Å². The lowest BCUT2D eigenvalue weighted by Crippen LogP contribution is -2.34. The van der Waals surface area contributed by atoms with Gasteiger partial charge >= 0.3 is 0 Å². The predicted octanol–water partition coefficient (Wildman–Crippen LogP) is 0.842. The van der Waals surface area contributed by atoms with Gasteiger partial charge in [-0.3, -0.25) is 0 Å². The summed E-state index contributed by atoms with van der Waals surface area (Å²) >= 11 is 0. The van der Waals surface area contributed by atoms with Crippen LogP contribution in [0.15, 0.2) is 0 Å². The van der Waals surface area contributed by atoms with Gasteiger partial charge in [0.05, 0.1) is 12.7 Å². The highest BCUT2D eigenvalue weighted by molar-refractivity contribution is 4.74. The number of aliphatic hydroxyl groups excluding tert-OH is 1. The molecule has 0 aliphatic carbocycles. The minimum Gasteiger partial charge on any atom is -0.396 e. The van der Waals surface area contributed by atoms with Crippen molar-refractivity contribution < 1.29 is 14.6 Å². The summed E-state index contributed by atoms with van der Waals surface area (Å²) in [5.41, 5.74) is 0. The van der Waals surface area contributed by atoms with Crippen LogP contribution in [0, 0.1) is 5.92 Å². The SMILES string of the molecule is CN1CCCC(CC2OCC(CCO)O2)C1. The van der Waals surface area contributed by atoms with Crippen molar-refractivity contribution in [2.24, 2.45) is 5.92 Å². The predicted molar refractivity (Wildman–Crippen MR) is 61.2 cm³/mol. The number of piperidine rings is 1. The van der Waals surface area contributed by atoms with E-state index in [1.807, 2.05) is 0 Å². The van der Waals surface area contributed by atoms with E-state index in [4.69, 9.17) is 14.6 Å². The Morgan fingerprint density at radius 1 is 1.44 bits per heavy atom. The molecule has 0 spiro atoms. The average Bonchev–Trinajstić information content (AvgIpc) is 2.66. The van der Waals surface area contributed by atoms with E-state index < -0.39 is 0 Å². The smallest absolute Gasteiger partial charge is 0.158 e. The number of aliphatic hydroxyl groups is 1. The zero-order chi connectivity index (χ0) is 11.4. The van der Waals surface area contributed by atoms with Crippen molar-refractivity contribution in [3.63, 3.8) is 0 Å². The molecule has 0 aromatic heterocycles. The molecule has 16 heavy (non-hydrogen) atoms. The van der Waals surface area contributed by atoms with Crippen molar-refractivity contribution >= 4 is 0 Å². The monoisotopic (exact) mass is 229 g/mol. The molecule has 2 fully saturated rings. The molecule has 2 heterocycles. The van der Waals surface area contributed by atoms with Gasteiger partial charge in [0.15, 0.2) is 6.29 Å². The first kappa shape index (κ1) is 12.3. The summed E-state index contributed by atoms with van der Waals surface area (Å²) < 4.78 is 11.3. The van der Waals surface area contributed by atoms with E-state index in [2.05, 4.69) is 11.9 Å². The third-order valence-corrected chi connectivity index (χ3v) is 3.51. The maximum absolute atomic E-state index is 8.83. The van der Waals surface area contributed by atoms with Crippen LogP contribution >= 0.6 is 0 Å². The molecule has 94 valence electrons.